The predicted octanol–water partition coefficient (Wildman–Crippen LogP) is 4.58. The molecular weight excluding hydrogens is 765 g/mol. The van der Waals surface area contributed by atoms with Crippen LogP contribution in [0.3, 0.4) is 0 Å². The number of ether oxygens (including phenoxy) is 1. The van der Waals surface area contributed by atoms with Crippen LogP contribution in [-0.4, -0.2) is 130 Å². The maximum Gasteiger partial charge on any atom is 0.407 e. The van der Waals surface area contributed by atoms with Crippen LogP contribution in [0.2, 0.25) is 0 Å². The van der Waals surface area contributed by atoms with E-state index in [0.717, 1.165) is 76.5 Å². The van der Waals surface area contributed by atoms with Gasteiger partial charge in [0, 0.05) is 75.9 Å². The third-order valence-electron chi connectivity index (χ3n) is 14.2. The van der Waals surface area contributed by atoms with Crippen molar-refractivity contribution < 1.29 is 31.5 Å². The van der Waals surface area contributed by atoms with Gasteiger partial charge in [0.25, 0.3) is 0 Å². The Morgan fingerprint density at radius 2 is 1.79 bits per heavy atom. The summed E-state index contributed by atoms with van der Waals surface area (Å²) in [6.07, 6.45) is 5.75. The summed E-state index contributed by atoms with van der Waals surface area (Å²) in [4.78, 5) is 32.9. The van der Waals surface area contributed by atoms with Crippen molar-refractivity contribution in [3.05, 3.63) is 72.3 Å². The molecule has 1 N–H and O–H groups in total. The van der Waals surface area contributed by atoms with Crippen molar-refractivity contribution in [2.24, 2.45) is 23.2 Å². The van der Waals surface area contributed by atoms with Crippen LogP contribution in [0.4, 0.5) is 19.3 Å². The maximum atomic E-state index is 15.7. The summed E-state index contributed by atoms with van der Waals surface area (Å²) >= 11 is 0. The number of hydrogen-bond donors (Lipinski definition) is 1. The molecule has 0 radical (unpaired) electrons. The fourth-order valence-corrected chi connectivity index (χ4v) is 13.3. The number of piperidine rings is 1. The average Bonchev–Trinajstić information content (AvgIpc) is 3.95. The minimum absolute atomic E-state index is 0.0895. The number of benzene rings is 2. The highest BCUT2D eigenvalue weighted by Gasteiger charge is 2.55. The summed E-state index contributed by atoms with van der Waals surface area (Å²) in [7, 11) is -2.59. The van der Waals surface area contributed by atoms with Crippen LogP contribution in [0.1, 0.15) is 51.0 Å². The number of nitrogens with zero attached hydrogens (tertiary/aromatic N) is 6. The van der Waals surface area contributed by atoms with Gasteiger partial charge in [0.05, 0.1) is 23.8 Å². The molecule has 0 aromatic heterocycles. The Bertz CT molecular complexity index is 2060. The van der Waals surface area contributed by atoms with Gasteiger partial charge >= 0.3 is 6.09 Å². The molecule has 2 aromatic carbocycles. The zero-order chi connectivity index (χ0) is 41.0. The van der Waals surface area contributed by atoms with Gasteiger partial charge in [-0.2, -0.15) is 9.57 Å². The third kappa shape index (κ3) is 7.28. The second kappa shape index (κ2) is 15.8. The molecule has 1 saturated carbocycles. The van der Waals surface area contributed by atoms with E-state index in [1.165, 1.54) is 35.7 Å². The molecule has 6 fully saturated rings. The number of nitriles is 1. The number of piperazine rings is 1. The molecule has 8 rings (SSSR count). The number of sulfonamides is 1. The summed E-state index contributed by atoms with van der Waals surface area (Å²) in [6.45, 7) is 11.7. The van der Waals surface area contributed by atoms with E-state index in [2.05, 4.69) is 40.8 Å². The monoisotopic (exact) mass is 819 g/mol. The smallest absolute Gasteiger partial charge is 0.407 e. The summed E-state index contributed by atoms with van der Waals surface area (Å²) in [6, 6.07) is 12.9. The van der Waals surface area contributed by atoms with E-state index in [1.807, 2.05) is 0 Å². The summed E-state index contributed by atoms with van der Waals surface area (Å²) in [5.74, 6) is -0.248. The fourth-order valence-electron chi connectivity index (χ4n) is 11.6. The van der Waals surface area contributed by atoms with Crippen molar-refractivity contribution in [3.63, 3.8) is 0 Å². The van der Waals surface area contributed by atoms with E-state index in [9.17, 15) is 23.3 Å². The Labute approximate surface area is 340 Å². The standard InChI is InChI=1S/C43H55F2N7O5S/c1-4-40(53)51-22-34-18-33(51)23-52(34)58(55,56)35-11-12-39(37(45)19-35)50-26-42(24-46,27-50)25-48-15-13-30(14-16-48)43(28-49-20-29(2)21-49,31-7-5-8-32(44)17-31)36-9-6-10-38(36)47-41(54)57-3/h4-5,7-8,11-12,17,19,29-30,33-34,36,38H,1,6,9-10,13-16,18,20-23,25-28H2,2-3H3,(H,47,54)/t33-,34-,36-,38-,43?/m0/s1. The molecule has 5 atom stereocenters. The number of nitrogens with one attached hydrogen (secondary N) is 1. The maximum absolute atomic E-state index is 15.7. The van der Waals surface area contributed by atoms with E-state index in [-0.39, 0.29) is 58.8 Å². The van der Waals surface area contributed by atoms with Crippen molar-refractivity contribution in [3.8, 4) is 6.07 Å². The molecule has 6 aliphatic rings. The first-order valence-electron chi connectivity index (χ1n) is 20.7. The van der Waals surface area contributed by atoms with E-state index in [0.29, 0.717) is 38.5 Å². The lowest BCUT2D eigenvalue weighted by atomic mass is 9.57. The molecule has 5 aliphatic heterocycles. The number of hydrogen-bond acceptors (Lipinski definition) is 9. The predicted molar refractivity (Wildman–Crippen MR) is 214 cm³/mol. The van der Waals surface area contributed by atoms with Crippen molar-refractivity contribution >= 4 is 27.7 Å². The molecule has 0 spiro atoms. The third-order valence-corrected chi connectivity index (χ3v) is 16.1. The van der Waals surface area contributed by atoms with Crippen molar-refractivity contribution in [1.82, 2.24) is 24.3 Å². The minimum Gasteiger partial charge on any atom is -0.453 e. The lowest BCUT2D eigenvalue weighted by molar-refractivity contribution is -0.127. The van der Waals surface area contributed by atoms with Crippen LogP contribution in [-0.2, 0) is 25.0 Å². The van der Waals surface area contributed by atoms with E-state index in [1.54, 1.807) is 21.9 Å². The van der Waals surface area contributed by atoms with E-state index in [4.69, 9.17) is 4.74 Å². The number of alkyl carbamates (subject to hydrolysis) is 1. The quantitative estimate of drug-likeness (QED) is 0.306. The van der Waals surface area contributed by atoms with Crippen LogP contribution in [0.25, 0.3) is 0 Å². The number of fused-ring (bicyclic) bond motifs is 2. The Balaban J connectivity index is 0.946. The summed E-state index contributed by atoms with van der Waals surface area (Å²) in [5, 5.41) is 13.6. The molecule has 12 nitrogen and oxygen atoms in total. The Hall–Kier alpha value is -4.10. The molecule has 58 heavy (non-hydrogen) atoms. The highest BCUT2D eigenvalue weighted by Crippen LogP contribution is 2.52. The lowest BCUT2D eigenvalue weighted by Crippen LogP contribution is -2.63. The highest BCUT2D eigenvalue weighted by atomic mass is 32.2. The lowest BCUT2D eigenvalue weighted by Gasteiger charge is -2.55. The normalized spacial score (nSPS) is 27.7. The number of carbonyl (C=O) groups excluding carboxylic acids is 2. The summed E-state index contributed by atoms with van der Waals surface area (Å²) in [5.41, 5.74) is 0.119. The van der Waals surface area contributed by atoms with Crippen LogP contribution in [0.5, 0.6) is 0 Å². The van der Waals surface area contributed by atoms with Gasteiger partial charge in [-0.15, -0.1) is 0 Å². The summed E-state index contributed by atoms with van der Waals surface area (Å²) < 4.78 is 64.5. The van der Waals surface area contributed by atoms with Crippen molar-refractivity contribution in [1.29, 1.82) is 5.26 Å². The van der Waals surface area contributed by atoms with Gasteiger partial charge in [0.2, 0.25) is 15.9 Å². The molecule has 312 valence electrons. The number of rotatable bonds is 12. The van der Waals surface area contributed by atoms with Crippen LogP contribution in [0, 0.1) is 46.1 Å². The number of halogens is 2. The molecular formula is C43H55F2N7O5S. The van der Waals surface area contributed by atoms with Crippen molar-refractivity contribution in [2.75, 3.05) is 77.5 Å². The Morgan fingerprint density at radius 3 is 2.41 bits per heavy atom. The Kier molecular flexibility index (Phi) is 11.1. The van der Waals surface area contributed by atoms with Gasteiger partial charge in [0.1, 0.15) is 17.0 Å². The van der Waals surface area contributed by atoms with Gasteiger partial charge in [-0.05, 0) is 105 Å². The average molecular weight is 820 g/mol. The zero-order valence-corrected chi connectivity index (χ0v) is 34.3. The van der Waals surface area contributed by atoms with E-state index >= 15 is 8.78 Å². The van der Waals surface area contributed by atoms with Gasteiger partial charge in [0.15, 0.2) is 0 Å². The minimum atomic E-state index is -3.98. The van der Waals surface area contributed by atoms with Gasteiger partial charge in [-0.3, -0.25) is 4.79 Å². The molecule has 2 bridgehead atoms. The second-order valence-electron chi connectivity index (χ2n) is 17.9. The van der Waals surface area contributed by atoms with Crippen LogP contribution in [0.15, 0.2) is 60.0 Å². The number of likely N-dealkylation sites (tertiary alicyclic amines) is 3. The van der Waals surface area contributed by atoms with E-state index < -0.39 is 32.8 Å². The van der Waals surface area contributed by atoms with Crippen LogP contribution < -0.4 is 10.2 Å². The van der Waals surface area contributed by atoms with Gasteiger partial charge < -0.3 is 29.7 Å². The number of anilines is 1. The number of carbonyl (C=O) groups is 2. The molecule has 1 unspecified atom stereocenters. The van der Waals surface area contributed by atoms with Crippen LogP contribution >= 0.6 is 0 Å². The highest BCUT2D eigenvalue weighted by molar-refractivity contribution is 7.89. The molecule has 1 aliphatic carbocycles. The second-order valence-corrected chi connectivity index (χ2v) is 19.7. The van der Waals surface area contributed by atoms with Gasteiger partial charge in [-0.25, -0.2) is 22.0 Å². The van der Waals surface area contributed by atoms with Crippen molar-refractivity contribution in [2.45, 2.75) is 73.9 Å². The molecule has 5 saturated heterocycles. The Morgan fingerprint density at radius 1 is 1.03 bits per heavy atom. The SMILES string of the molecule is C=CC(=O)N1C[C@@H]2C[C@H]1CN2S(=O)(=O)c1ccc(N2CC(C#N)(CN3CCC(C(CN4CC(C)C4)(c4cccc(F)c4)[C@H]4CCC[C@@H]4NC(=O)OC)CC3)C2)c(F)c1. The first-order chi connectivity index (χ1) is 27.8. The fraction of sp³-hybridized carbons (Fsp3) is 0.605. The molecule has 2 aromatic rings. The number of methoxy groups -OCH3 is 1. The first-order valence-corrected chi connectivity index (χ1v) is 22.2. The molecule has 5 heterocycles. The molecule has 15 heteroatoms. The number of amides is 2. The largest absolute Gasteiger partial charge is 0.453 e. The zero-order valence-electron chi connectivity index (χ0n) is 33.5. The first kappa shape index (κ1) is 40.7. The topological polar surface area (TPSA) is 130 Å². The van der Waals surface area contributed by atoms with Gasteiger partial charge in [-0.1, -0.05) is 32.1 Å². The molecule has 2 amide bonds.